The minimum Gasteiger partial charge on any atom is -0.309 e. The van der Waals surface area contributed by atoms with Gasteiger partial charge in [-0.2, -0.15) is 0 Å². The normalized spacial score (nSPS) is 17.8. The Morgan fingerprint density at radius 3 is 3.14 bits per heavy atom. The first-order valence-corrected chi connectivity index (χ1v) is 8.57. The molecule has 1 atom stereocenters. The molecule has 0 saturated heterocycles. The van der Waals surface area contributed by atoms with Crippen LogP contribution in [0.4, 0.5) is 4.39 Å². The quantitative estimate of drug-likeness (QED) is 0.858. The van der Waals surface area contributed by atoms with Gasteiger partial charge in [-0.05, 0) is 44.4 Å². The number of hydrogen-bond donors (Lipinski definition) is 1. The Labute approximate surface area is 133 Å². The summed E-state index contributed by atoms with van der Waals surface area (Å²) in [5, 5.41) is 4.46. The monoisotopic (exact) mass is 324 g/mol. The van der Waals surface area contributed by atoms with E-state index in [1.807, 2.05) is 0 Å². The van der Waals surface area contributed by atoms with E-state index in [9.17, 15) is 4.39 Å². The molecule has 3 rings (SSSR count). The highest BCUT2D eigenvalue weighted by atomic mass is 35.5. The maximum absolute atomic E-state index is 14.2. The van der Waals surface area contributed by atoms with Gasteiger partial charge in [-0.1, -0.05) is 24.6 Å². The zero-order valence-electron chi connectivity index (χ0n) is 12.0. The average molecular weight is 325 g/mol. The van der Waals surface area contributed by atoms with E-state index in [0.717, 1.165) is 42.9 Å². The van der Waals surface area contributed by atoms with Crippen LogP contribution in [-0.4, -0.2) is 11.5 Å². The lowest BCUT2D eigenvalue weighted by atomic mass is 9.98. The third-order valence-corrected chi connectivity index (χ3v) is 5.31. The number of nitrogens with zero attached hydrogens (tertiary/aromatic N) is 1. The number of thiazole rings is 1. The highest BCUT2D eigenvalue weighted by Crippen LogP contribution is 2.39. The lowest BCUT2D eigenvalue weighted by Crippen LogP contribution is -2.24. The van der Waals surface area contributed by atoms with Crippen molar-refractivity contribution < 1.29 is 4.39 Å². The summed E-state index contributed by atoms with van der Waals surface area (Å²) >= 11 is 7.47. The van der Waals surface area contributed by atoms with Crippen molar-refractivity contribution in [2.45, 2.75) is 38.6 Å². The van der Waals surface area contributed by atoms with Crippen LogP contribution < -0.4 is 5.32 Å². The van der Waals surface area contributed by atoms with Crippen LogP contribution in [0.5, 0.6) is 0 Å². The van der Waals surface area contributed by atoms with Crippen LogP contribution >= 0.6 is 22.9 Å². The van der Waals surface area contributed by atoms with Crippen molar-refractivity contribution in [2.75, 3.05) is 6.54 Å². The van der Waals surface area contributed by atoms with Crippen LogP contribution in [-0.2, 0) is 6.42 Å². The molecule has 1 aliphatic rings. The summed E-state index contributed by atoms with van der Waals surface area (Å²) in [6.45, 7) is 3.17. The molecule has 0 bridgehead atoms. The first kappa shape index (κ1) is 14.9. The SMILES string of the molecule is CCCNC1CCCc2nc(-c3cccc(Cl)c3F)sc21. The van der Waals surface area contributed by atoms with E-state index < -0.39 is 0 Å². The highest BCUT2D eigenvalue weighted by Gasteiger charge is 2.25. The van der Waals surface area contributed by atoms with E-state index in [0.29, 0.717) is 11.6 Å². The van der Waals surface area contributed by atoms with E-state index in [-0.39, 0.29) is 10.8 Å². The predicted molar refractivity (Wildman–Crippen MR) is 86.5 cm³/mol. The smallest absolute Gasteiger partial charge is 0.152 e. The zero-order chi connectivity index (χ0) is 14.8. The van der Waals surface area contributed by atoms with Gasteiger partial charge in [-0.15, -0.1) is 11.3 Å². The average Bonchev–Trinajstić information content (AvgIpc) is 2.92. The summed E-state index contributed by atoms with van der Waals surface area (Å²) < 4.78 is 14.2. The molecule has 1 heterocycles. The number of fused-ring (bicyclic) bond motifs is 1. The van der Waals surface area contributed by atoms with Gasteiger partial charge in [0.15, 0.2) is 5.82 Å². The third-order valence-electron chi connectivity index (χ3n) is 3.77. The fourth-order valence-corrected chi connectivity index (χ4v) is 4.13. The number of aromatic nitrogens is 1. The molecule has 0 aliphatic heterocycles. The number of benzene rings is 1. The van der Waals surface area contributed by atoms with E-state index in [1.54, 1.807) is 29.5 Å². The molecular formula is C16H18ClFN2S. The molecule has 0 saturated carbocycles. The fraction of sp³-hybridized carbons (Fsp3) is 0.438. The second kappa shape index (κ2) is 6.42. The van der Waals surface area contributed by atoms with Crippen molar-refractivity contribution in [3.05, 3.63) is 39.6 Å². The van der Waals surface area contributed by atoms with Gasteiger partial charge < -0.3 is 5.32 Å². The van der Waals surface area contributed by atoms with Crippen LogP contribution in [0.3, 0.4) is 0 Å². The van der Waals surface area contributed by atoms with Crippen molar-refractivity contribution >= 4 is 22.9 Å². The maximum atomic E-state index is 14.2. The van der Waals surface area contributed by atoms with Gasteiger partial charge in [0.2, 0.25) is 0 Å². The van der Waals surface area contributed by atoms with Gasteiger partial charge in [0, 0.05) is 16.5 Å². The van der Waals surface area contributed by atoms with Crippen molar-refractivity contribution in [1.82, 2.24) is 10.3 Å². The summed E-state index contributed by atoms with van der Waals surface area (Å²) in [4.78, 5) is 5.93. The molecule has 1 aromatic heterocycles. The van der Waals surface area contributed by atoms with Crippen LogP contribution in [0.1, 0.15) is 42.8 Å². The molecule has 112 valence electrons. The van der Waals surface area contributed by atoms with Gasteiger partial charge in [0.25, 0.3) is 0 Å². The Kier molecular flexibility index (Phi) is 4.57. The Morgan fingerprint density at radius 2 is 2.33 bits per heavy atom. The predicted octanol–water partition coefficient (Wildman–Crippen LogP) is 4.98. The van der Waals surface area contributed by atoms with Crippen molar-refractivity contribution in [3.63, 3.8) is 0 Å². The molecule has 2 nitrogen and oxygen atoms in total. The standard InChI is InChI=1S/C16H18ClFN2S/c1-2-9-19-12-7-4-8-13-15(12)21-16(20-13)10-5-3-6-11(17)14(10)18/h3,5-6,12,19H,2,4,7-9H2,1H3. The third kappa shape index (κ3) is 2.98. The van der Waals surface area contributed by atoms with Crippen LogP contribution in [0.25, 0.3) is 10.6 Å². The molecule has 2 aromatic rings. The highest BCUT2D eigenvalue weighted by molar-refractivity contribution is 7.15. The molecule has 0 fully saturated rings. The van der Waals surface area contributed by atoms with Crippen LogP contribution in [0, 0.1) is 5.82 Å². The fourth-order valence-electron chi connectivity index (χ4n) is 2.72. The van der Waals surface area contributed by atoms with Crippen molar-refractivity contribution in [2.24, 2.45) is 0 Å². The minimum atomic E-state index is -0.372. The Balaban J connectivity index is 1.96. The van der Waals surface area contributed by atoms with Gasteiger partial charge in [0.1, 0.15) is 5.01 Å². The molecule has 1 aromatic carbocycles. The maximum Gasteiger partial charge on any atom is 0.152 e. The van der Waals surface area contributed by atoms with Crippen LogP contribution in [0.2, 0.25) is 5.02 Å². The first-order chi connectivity index (χ1) is 10.2. The largest absolute Gasteiger partial charge is 0.309 e. The van der Waals surface area contributed by atoms with Gasteiger partial charge in [-0.25, -0.2) is 9.37 Å². The number of hydrogen-bond acceptors (Lipinski definition) is 3. The number of halogens is 2. The lowest BCUT2D eigenvalue weighted by Gasteiger charge is -2.22. The molecule has 1 N–H and O–H groups in total. The molecule has 1 unspecified atom stereocenters. The van der Waals surface area contributed by atoms with Gasteiger partial charge in [-0.3, -0.25) is 0 Å². The molecule has 0 amide bonds. The van der Waals surface area contributed by atoms with Crippen LogP contribution in [0.15, 0.2) is 18.2 Å². The van der Waals surface area contributed by atoms with Gasteiger partial charge in [0.05, 0.1) is 10.7 Å². The van der Waals surface area contributed by atoms with Crippen molar-refractivity contribution in [3.8, 4) is 10.6 Å². The topological polar surface area (TPSA) is 24.9 Å². The van der Waals surface area contributed by atoms with E-state index in [2.05, 4.69) is 17.2 Å². The molecular weight excluding hydrogens is 307 g/mol. The minimum absolute atomic E-state index is 0.154. The number of rotatable bonds is 4. The van der Waals surface area contributed by atoms with Gasteiger partial charge >= 0.3 is 0 Å². The van der Waals surface area contributed by atoms with E-state index in [4.69, 9.17) is 11.6 Å². The Morgan fingerprint density at radius 1 is 1.48 bits per heavy atom. The molecule has 1 aliphatic carbocycles. The van der Waals surface area contributed by atoms with E-state index in [1.165, 1.54) is 4.88 Å². The number of nitrogens with one attached hydrogen (secondary N) is 1. The Bertz CT molecular complexity index is 641. The second-order valence-electron chi connectivity index (χ2n) is 5.33. The summed E-state index contributed by atoms with van der Waals surface area (Å²) in [5.41, 5.74) is 1.63. The second-order valence-corrected chi connectivity index (χ2v) is 6.77. The zero-order valence-corrected chi connectivity index (χ0v) is 13.5. The summed E-state index contributed by atoms with van der Waals surface area (Å²) in [6.07, 6.45) is 4.36. The Hall–Kier alpha value is -0.970. The molecule has 5 heteroatoms. The summed E-state index contributed by atoms with van der Waals surface area (Å²) in [7, 11) is 0. The summed E-state index contributed by atoms with van der Waals surface area (Å²) in [5.74, 6) is -0.372. The summed E-state index contributed by atoms with van der Waals surface area (Å²) in [6, 6.07) is 5.45. The molecule has 0 radical (unpaired) electrons. The van der Waals surface area contributed by atoms with E-state index >= 15 is 0 Å². The van der Waals surface area contributed by atoms with Crippen molar-refractivity contribution in [1.29, 1.82) is 0 Å². The molecule has 0 spiro atoms. The molecule has 21 heavy (non-hydrogen) atoms. The number of aryl methyl sites for hydroxylation is 1. The lowest BCUT2D eigenvalue weighted by molar-refractivity contribution is 0.465. The first-order valence-electron chi connectivity index (χ1n) is 7.38.